The lowest BCUT2D eigenvalue weighted by molar-refractivity contribution is -0.140. The molecule has 9 N–H and O–H groups in total. The van der Waals surface area contributed by atoms with Crippen LogP contribution in [-0.2, 0) is 0 Å². The molecule has 0 aromatic rings. The summed E-state index contributed by atoms with van der Waals surface area (Å²) in [4.78, 5) is 0. The third-order valence-corrected chi connectivity index (χ3v) is 4.15. The van der Waals surface area contributed by atoms with E-state index < -0.39 is 61.9 Å². The van der Waals surface area contributed by atoms with E-state index >= 15 is 0 Å². The zero-order valence-corrected chi connectivity index (χ0v) is 12.0. The fourth-order valence-electron chi connectivity index (χ4n) is 2.68. The molecule has 0 saturated heterocycles. The van der Waals surface area contributed by atoms with Crippen LogP contribution >= 0.6 is 0 Å². The predicted octanol–water partition coefficient (Wildman–Crippen LogP) is -4.52. The Labute approximate surface area is 127 Å². The number of hydrogen-bond acceptors (Lipinski definition) is 9. The van der Waals surface area contributed by atoms with Crippen molar-refractivity contribution in [3.05, 3.63) is 5.92 Å². The lowest BCUT2D eigenvalue weighted by Gasteiger charge is -2.28. The molecule has 0 spiro atoms. The van der Waals surface area contributed by atoms with Crippen LogP contribution in [-0.4, -0.2) is 102 Å². The summed E-state index contributed by atoms with van der Waals surface area (Å²) in [5, 5.41) is 85.1. The molecule has 8 atom stereocenters. The molecule has 1 rings (SSSR count). The molecule has 9 heteroatoms. The minimum atomic E-state index is -1.90. The van der Waals surface area contributed by atoms with Crippen molar-refractivity contribution in [2.45, 2.75) is 55.6 Å². The van der Waals surface area contributed by atoms with Crippen LogP contribution in [0.25, 0.3) is 0 Å². The van der Waals surface area contributed by atoms with E-state index in [0.29, 0.717) is 5.92 Å². The first kappa shape index (κ1) is 19.6. The van der Waals surface area contributed by atoms with E-state index in [1.165, 1.54) is 0 Å². The second-order valence-electron chi connectivity index (χ2n) is 5.70. The minimum absolute atomic E-state index is 0.0358. The van der Waals surface area contributed by atoms with Crippen molar-refractivity contribution in [2.24, 2.45) is 5.92 Å². The van der Waals surface area contributed by atoms with Crippen LogP contribution < -0.4 is 0 Å². The van der Waals surface area contributed by atoms with Crippen molar-refractivity contribution >= 4 is 0 Å². The van der Waals surface area contributed by atoms with Crippen molar-refractivity contribution in [2.75, 3.05) is 13.2 Å². The number of rotatable bonds is 8. The van der Waals surface area contributed by atoms with Gasteiger partial charge in [-0.25, -0.2) is 0 Å². The summed E-state index contributed by atoms with van der Waals surface area (Å²) >= 11 is 0. The standard InChI is InChI=1S/C13H25O9/c14-3-6-5(1-7(16)10(6)19)2-8(17)11(20)13(22)12(21)9(18)4-15/h6-22H,1-4H2/q+1. The highest BCUT2D eigenvalue weighted by atomic mass is 16.4. The second-order valence-corrected chi connectivity index (χ2v) is 5.70. The van der Waals surface area contributed by atoms with Gasteiger partial charge in [-0.05, 0) is 0 Å². The zero-order valence-electron chi connectivity index (χ0n) is 12.0. The van der Waals surface area contributed by atoms with Gasteiger partial charge >= 0.3 is 0 Å². The largest absolute Gasteiger partial charge is 0.394 e. The van der Waals surface area contributed by atoms with Crippen LogP contribution in [0.1, 0.15) is 12.8 Å². The van der Waals surface area contributed by atoms with Crippen molar-refractivity contribution in [3.8, 4) is 0 Å². The van der Waals surface area contributed by atoms with Crippen molar-refractivity contribution in [1.29, 1.82) is 0 Å². The first-order valence-electron chi connectivity index (χ1n) is 7.07. The summed E-state index contributed by atoms with van der Waals surface area (Å²) in [6, 6.07) is 0. The lowest BCUT2D eigenvalue weighted by atomic mass is 9.87. The number of aliphatic hydroxyl groups is 9. The van der Waals surface area contributed by atoms with Gasteiger partial charge in [0, 0.05) is 0 Å². The molecule has 0 aromatic carbocycles. The molecule has 0 aromatic heterocycles. The van der Waals surface area contributed by atoms with Gasteiger partial charge in [0.2, 0.25) is 0 Å². The molecule has 22 heavy (non-hydrogen) atoms. The Morgan fingerprint density at radius 1 is 0.864 bits per heavy atom. The Bertz CT molecular complexity index is 329. The van der Waals surface area contributed by atoms with Gasteiger partial charge in [-0.2, -0.15) is 0 Å². The maximum Gasteiger partial charge on any atom is 0.152 e. The number of hydrogen-bond donors (Lipinski definition) is 9. The molecule has 9 nitrogen and oxygen atoms in total. The van der Waals surface area contributed by atoms with Crippen LogP contribution in [0.15, 0.2) is 0 Å². The van der Waals surface area contributed by atoms with E-state index in [1.807, 2.05) is 0 Å². The Kier molecular flexibility index (Phi) is 7.46. The molecular weight excluding hydrogens is 300 g/mol. The molecule has 0 amide bonds. The third-order valence-electron chi connectivity index (χ3n) is 4.15. The molecule has 130 valence electrons. The quantitative estimate of drug-likeness (QED) is 0.198. The number of aliphatic hydroxyl groups excluding tert-OH is 9. The molecule has 1 fully saturated rings. The van der Waals surface area contributed by atoms with Crippen LogP contribution in [0.5, 0.6) is 0 Å². The average Bonchev–Trinajstić information content (AvgIpc) is 2.77. The second kappa shape index (κ2) is 8.39. The van der Waals surface area contributed by atoms with Gasteiger partial charge in [0.25, 0.3) is 0 Å². The van der Waals surface area contributed by atoms with E-state index in [-0.39, 0.29) is 12.8 Å². The normalized spacial score (nSPS) is 32.6. The molecule has 1 saturated carbocycles. The summed E-state index contributed by atoms with van der Waals surface area (Å²) in [6.45, 7) is -1.27. The van der Waals surface area contributed by atoms with Gasteiger partial charge in [0.15, 0.2) is 5.92 Å². The van der Waals surface area contributed by atoms with Crippen LogP contribution in [0.2, 0.25) is 0 Å². The van der Waals surface area contributed by atoms with Gasteiger partial charge in [-0.15, -0.1) is 0 Å². The Morgan fingerprint density at radius 3 is 1.91 bits per heavy atom. The van der Waals surface area contributed by atoms with Crippen LogP contribution in [0, 0.1) is 11.8 Å². The molecule has 0 heterocycles. The minimum Gasteiger partial charge on any atom is -0.394 e. The maximum atomic E-state index is 9.91. The maximum absolute atomic E-state index is 9.91. The summed E-state index contributed by atoms with van der Waals surface area (Å²) < 4.78 is 0. The van der Waals surface area contributed by atoms with Gasteiger partial charge < -0.3 is 46.0 Å². The Balaban J connectivity index is 2.62. The molecule has 1 aliphatic rings. The monoisotopic (exact) mass is 325 g/mol. The highest BCUT2D eigenvalue weighted by Crippen LogP contribution is 2.37. The van der Waals surface area contributed by atoms with E-state index in [2.05, 4.69) is 0 Å². The van der Waals surface area contributed by atoms with Crippen LogP contribution in [0.3, 0.4) is 0 Å². The fraction of sp³-hybridized carbons (Fsp3) is 0.923. The topological polar surface area (TPSA) is 182 Å². The first-order valence-corrected chi connectivity index (χ1v) is 7.07. The Hall–Kier alpha value is -0.490. The highest BCUT2D eigenvalue weighted by molar-refractivity contribution is 5.11. The van der Waals surface area contributed by atoms with E-state index in [0.717, 1.165) is 0 Å². The summed E-state index contributed by atoms with van der Waals surface area (Å²) in [5.74, 6) is -0.319. The van der Waals surface area contributed by atoms with Crippen molar-refractivity contribution in [3.63, 3.8) is 0 Å². The first-order chi connectivity index (χ1) is 10.2. The third kappa shape index (κ3) is 4.28. The zero-order chi connectivity index (χ0) is 17.0. The Morgan fingerprint density at radius 2 is 1.41 bits per heavy atom. The van der Waals surface area contributed by atoms with Gasteiger partial charge in [-0.1, -0.05) is 0 Å². The van der Waals surface area contributed by atoms with Crippen LogP contribution in [0.4, 0.5) is 0 Å². The van der Waals surface area contributed by atoms with Gasteiger partial charge in [0.1, 0.15) is 61.5 Å². The molecule has 1 aliphatic carbocycles. The highest BCUT2D eigenvalue weighted by Gasteiger charge is 2.52. The SMILES string of the molecule is OCC(O)C(O)C(O)C(O)C(O)C[C+]1CC(O)C(O)C1CO. The van der Waals surface area contributed by atoms with E-state index in [4.69, 9.17) is 5.11 Å². The molecule has 8 unspecified atom stereocenters. The van der Waals surface area contributed by atoms with Gasteiger partial charge in [0.05, 0.1) is 13.2 Å². The van der Waals surface area contributed by atoms with E-state index in [1.54, 1.807) is 0 Å². The lowest BCUT2D eigenvalue weighted by Crippen LogP contribution is -2.50. The molecule has 0 aliphatic heterocycles. The summed E-state index contributed by atoms with van der Waals surface area (Å²) in [6.07, 6.45) is -11.2. The smallest absolute Gasteiger partial charge is 0.152 e. The molecular formula is C13H25O9+. The molecule has 0 radical (unpaired) electrons. The summed E-state index contributed by atoms with van der Waals surface area (Å²) in [7, 11) is 0. The van der Waals surface area contributed by atoms with Crippen molar-refractivity contribution in [1.82, 2.24) is 0 Å². The predicted molar refractivity (Wildman–Crippen MR) is 72.2 cm³/mol. The molecule has 0 bridgehead atoms. The van der Waals surface area contributed by atoms with Crippen molar-refractivity contribution < 1.29 is 46.0 Å². The van der Waals surface area contributed by atoms with Gasteiger partial charge in [-0.3, -0.25) is 0 Å². The summed E-state index contributed by atoms with van der Waals surface area (Å²) in [5.41, 5.74) is 0. The fourth-order valence-corrected chi connectivity index (χ4v) is 2.68. The van der Waals surface area contributed by atoms with E-state index in [9.17, 15) is 40.9 Å². The average molecular weight is 325 g/mol.